The van der Waals surface area contributed by atoms with Crippen LogP contribution < -0.4 is 0 Å². The normalized spacial score (nSPS) is 54.1. The molecule has 0 spiro atoms. The van der Waals surface area contributed by atoms with Gasteiger partial charge in [-0.05, 0) is 111 Å². The molecule has 446 valence electrons. The van der Waals surface area contributed by atoms with Gasteiger partial charge in [0.25, 0.3) is 0 Å². The summed E-state index contributed by atoms with van der Waals surface area (Å²) in [6.07, 6.45) is -27.7. The molecule has 9 aliphatic rings. The van der Waals surface area contributed by atoms with Crippen molar-refractivity contribution in [3.8, 4) is 0 Å². The molecule has 78 heavy (non-hydrogen) atoms. The van der Waals surface area contributed by atoms with E-state index in [1.807, 2.05) is 6.92 Å². The van der Waals surface area contributed by atoms with Crippen LogP contribution in [0.1, 0.15) is 113 Å². The third-order valence-corrected chi connectivity index (χ3v) is 21.5. The van der Waals surface area contributed by atoms with Gasteiger partial charge in [0.05, 0.1) is 37.4 Å². The highest BCUT2D eigenvalue weighted by Gasteiger charge is 2.71. The summed E-state index contributed by atoms with van der Waals surface area (Å²) in [6, 6.07) is 0. The lowest BCUT2D eigenvalue weighted by molar-refractivity contribution is -0.396. The number of aliphatic carboxylic acids is 1. The van der Waals surface area contributed by atoms with Crippen LogP contribution in [0.25, 0.3) is 0 Å². The topological polar surface area (TPSA) is 391 Å². The number of carbonyl (C=O) groups excluding carboxylic acids is 1. The van der Waals surface area contributed by atoms with Crippen LogP contribution in [0.4, 0.5) is 0 Å². The number of carboxylic acids is 1. The fourth-order valence-electron chi connectivity index (χ4n) is 16.4. The second kappa shape index (κ2) is 21.8. The molecular weight excluding hydrogens is 1030 g/mol. The molecule has 0 radical (unpaired) electrons. The van der Waals surface area contributed by atoms with E-state index in [0.717, 1.165) is 6.42 Å². The van der Waals surface area contributed by atoms with Crippen LogP contribution in [0.3, 0.4) is 0 Å². The molecule has 0 aromatic carbocycles. The Morgan fingerprint density at radius 3 is 1.78 bits per heavy atom. The van der Waals surface area contributed by atoms with Gasteiger partial charge in [0, 0.05) is 5.41 Å². The first-order valence-electron chi connectivity index (χ1n) is 27.8. The van der Waals surface area contributed by atoms with Gasteiger partial charge in [0.2, 0.25) is 6.29 Å². The molecule has 4 saturated heterocycles. The molecule has 0 amide bonds. The molecule has 4 heterocycles. The molecule has 8 fully saturated rings. The molecular formula is C54H86O24. The molecule has 0 bridgehead atoms. The number of rotatable bonds is 12. The average molecular weight is 1120 g/mol. The molecule has 0 aromatic rings. The Morgan fingerprint density at radius 1 is 0.590 bits per heavy atom. The zero-order valence-electron chi connectivity index (χ0n) is 45.5. The van der Waals surface area contributed by atoms with Crippen LogP contribution >= 0.6 is 0 Å². The first-order chi connectivity index (χ1) is 36.5. The van der Waals surface area contributed by atoms with Crippen LogP contribution in [-0.4, -0.2) is 232 Å². The molecule has 24 nitrogen and oxygen atoms in total. The molecule has 4 aliphatic heterocycles. The Bertz CT molecular complexity index is 2200. The number of carboxylic acid groups (broad SMARTS) is 1. The number of hydrogen-bond acceptors (Lipinski definition) is 23. The Hall–Kier alpha value is -2.12. The van der Waals surface area contributed by atoms with Crippen LogP contribution in [-0.2, 0) is 47.5 Å². The molecule has 0 aromatic heterocycles. The maximum Gasteiger partial charge on any atom is 0.335 e. The monoisotopic (exact) mass is 1120 g/mol. The molecule has 29 atom stereocenters. The van der Waals surface area contributed by atoms with Gasteiger partial charge in [-0.1, -0.05) is 53.2 Å². The molecule has 4 saturated carbocycles. The van der Waals surface area contributed by atoms with E-state index in [2.05, 4.69) is 40.7 Å². The van der Waals surface area contributed by atoms with Crippen molar-refractivity contribution >= 4 is 11.9 Å². The quantitative estimate of drug-likeness (QED) is 0.0574. The minimum absolute atomic E-state index is 0.0468. The second-order valence-corrected chi connectivity index (χ2v) is 26.1. The lowest BCUT2D eigenvalue weighted by Gasteiger charge is -2.71. The van der Waals surface area contributed by atoms with Crippen LogP contribution in [0.2, 0.25) is 0 Å². The Kier molecular flexibility index (Phi) is 16.9. The van der Waals surface area contributed by atoms with Crippen molar-refractivity contribution in [3.05, 3.63) is 11.6 Å². The van der Waals surface area contributed by atoms with E-state index in [-0.39, 0.29) is 28.6 Å². The number of allylic oxidation sites excluding steroid dienone is 2. The van der Waals surface area contributed by atoms with Crippen molar-refractivity contribution in [2.75, 3.05) is 19.8 Å². The van der Waals surface area contributed by atoms with E-state index in [9.17, 15) is 81.1 Å². The first-order valence-corrected chi connectivity index (χ1v) is 27.8. The van der Waals surface area contributed by atoms with Crippen molar-refractivity contribution < 1.29 is 119 Å². The zero-order valence-corrected chi connectivity index (χ0v) is 45.5. The number of ether oxygens (including phenoxy) is 8. The maximum absolute atomic E-state index is 14.8. The van der Waals surface area contributed by atoms with Crippen molar-refractivity contribution in [2.45, 2.75) is 242 Å². The molecule has 9 rings (SSSR count). The Labute approximate surface area is 453 Å². The van der Waals surface area contributed by atoms with E-state index in [0.29, 0.717) is 57.8 Å². The summed E-state index contributed by atoms with van der Waals surface area (Å²) in [4.78, 5) is 27.4. The standard InChI is InChI=1S/C54H86O24/c1-22-30(58)33(61)38(66)44(71-22)76-41-35(63)32(60)26(20-56)73-46(41)77-42-37(65)36(64)40(43(68)69)75-47(42)74-29-11-12-50(4)27(51(29,5)21-57)10-13-53(7)28(50)9-8-23-24-18-49(2,3)14-16-54(24,17-15-52(23,53)6)48(70)78-45-39(67)34(62)31(59)25(19-55)72-45/h8,22,24-42,44-47,55-67H,9-21H2,1-7H3,(H,68,69). The van der Waals surface area contributed by atoms with Gasteiger partial charge in [0.15, 0.2) is 25.0 Å². The average Bonchev–Trinajstić information content (AvgIpc) is 3.46. The maximum atomic E-state index is 14.8. The summed E-state index contributed by atoms with van der Waals surface area (Å²) in [7, 11) is 0. The third kappa shape index (κ3) is 9.63. The van der Waals surface area contributed by atoms with E-state index >= 15 is 0 Å². The highest BCUT2D eigenvalue weighted by atomic mass is 16.8. The SMILES string of the molecule is CC1OC(OC2C(OC3C(OC4CCC5(C)C(CCC6(C)C5CC=C5C7CC(C)(C)CCC7(C(=O)OC7OC(CO)C(O)C(O)C7O)CCC56C)C4(C)CO)OC(C(=O)O)C(O)C3O)OC(CO)C(O)C2O)C(O)C(O)C1O. The van der Waals surface area contributed by atoms with Crippen molar-refractivity contribution in [2.24, 2.45) is 50.2 Å². The minimum atomic E-state index is -2.13. The first kappa shape index (κ1) is 60.5. The lowest BCUT2D eigenvalue weighted by atomic mass is 9.33. The highest BCUT2D eigenvalue weighted by Crippen LogP contribution is 2.76. The van der Waals surface area contributed by atoms with Gasteiger partial charge in [0.1, 0.15) is 85.5 Å². The van der Waals surface area contributed by atoms with Crippen LogP contribution in [0.15, 0.2) is 11.6 Å². The Morgan fingerprint density at radius 2 is 1.15 bits per heavy atom. The fraction of sp³-hybridized carbons (Fsp3) is 0.926. The van der Waals surface area contributed by atoms with E-state index in [1.54, 1.807) is 0 Å². The fourth-order valence-corrected chi connectivity index (χ4v) is 16.4. The number of hydrogen-bond donors (Lipinski definition) is 14. The summed E-state index contributed by atoms with van der Waals surface area (Å²) in [6.45, 7) is 12.6. The predicted molar refractivity (Wildman–Crippen MR) is 263 cm³/mol. The highest BCUT2D eigenvalue weighted by molar-refractivity contribution is 5.79. The van der Waals surface area contributed by atoms with Crippen molar-refractivity contribution in [3.63, 3.8) is 0 Å². The van der Waals surface area contributed by atoms with Gasteiger partial charge >= 0.3 is 11.9 Å². The van der Waals surface area contributed by atoms with Gasteiger partial charge in [-0.25, -0.2) is 4.79 Å². The van der Waals surface area contributed by atoms with Crippen LogP contribution in [0, 0.1) is 50.2 Å². The smallest absolute Gasteiger partial charge is 0.335 e. The van der Waals surface area contributed by atoms with Crippen LogP contribution in [0.5, 0.6) is 0 Å². The summed E-state index contributed by atoms with van der Waals surface area (Å²) in [5.74, 6) is -2.62. The third-order valence-electron chi connectivity index (χ3n) is 21.5. The van der Waals surface area contributed by atoms with Gasteiger partial charge in [-0.2, -0.15) is 0 Å². The minimum Gasteiger partial charge on any atom is -0.479 e. The summed E-state index contributed by atoms with van der Waals surface area (Å²) < 4.78 is 47.9. The van der Waals surface area contributed by atoms with E-state index in [1.165, 1.54) is 12.5 Å². The molecule has 24 heteroatoms. The zero-order chi connectivity index (χ0) is 57.1. The molecule has 14 N–H and O–H groups in total. The van der Waals surface area contributed by atoms with Crippen molar-refractivity contribution in [1.29, 1.82) is 0 Å². The molecule has 29 unspecified atom stereocenters. The summed E-state index contributed by atoms with van der Waals surface area (Å²) in [5, 5.41) is 151. The van der Waals surface area contributed by atoms with Gasteiger partial charge in [-0.3, -0.25) is 4.79 Å². The number of aliphatic hydroxyl groups excluding tert-OH is 13. The number of carbonyl (C=O) groups is 2. The summed E-state index contributed by atoms with van der Waals surface area (Å²) >= 11 is 0. The number of aliphatic hydroxyl groups is 13. The number of fused-ring (bicyclic) bond motifs is 7. The molecule has 5 aliphatic carbocycles. The second-order valence-electron chi connectivity index (χ2n) is 26.1. The number of esters is 1. The van der Waals surface area contributed by atoms with Gasteiger partial charge in [-0.15, -0.1) is 0 Å². The predicted octanol–water partition coefficient (Wildman–Crippen LogP) is -1.94. The lowest BCUT2D eigenvalue weighted by Crippen LogP contribution is -2.68. The van der Waals surface area contributed by atoms with Gasteiger partial charge < -0.3 is 109 Å². The summed E-state index contributed by atoms with van der Waals surface area (Å²) in [5.41, 5.74) is -2.19. The van der Waals surface area contributed by atoms with E-state index < -0.39 is 182 Å². The largest absolute Gasteiger partial charge is 0.479 e. The van der Waals surface area contributed by atoms with Crippen molar-refractivity contribution in [1.82, 2.24) is 0 Å². The Balaban J connectivity index is 0.985. The van der Waals surface area contributed by atoms with E-state index in [4.69, 9.17) is 37.9 Å².